The van der Waals surface area contributed by atoms with E-state index in [1.807, 2.05) is 6.07 Å². The van der Waals surface area contributed by atoms with Gasteiger partial charge in [0, 0.05) is 16.8 Å². The first-order valence-corrected chi connectivity index (χ1v) is 10.0. The Morgan fingerprint density at radius 2 is 2.03 bits per heavy atom. The van der Waals surface area contributed by atoms with Gasteiger partial charge >= 0.3 is 12.1 Å². The summed E-state index contributed by atoms with van der Waals surface area (Å²) in [5.74, 6) is 0.385. The standard InChI is InChI=1S/C19H15F3N4O3S2/c1-28-16(27)14-6-5-12(29-14)10-31-13-4-2-3-11(9-13)24-18(30)26-17-23-8-7-15(25-17)19(20,21)22/h2-9H,10H2,1H3,(H2,23,24,25,26,30). The van der Waals surface area contributed by atoms with Gasteiger partial charge < -0.3 is 19.8 Å². The van der Waals surface area contributed by atoms with Crippen LogP contribution in [0.2, 0.25) is 0 Å². The van der Waals surface area contributed by atoms with Crippen LogP contribution in [0.15, 0.2) is 58.0 Å². The predicted octanol–water partition coefficient (Wildman–Crippen LogP) is 4.98. The second-order valence-corrected chi connectivity index (χ2v) is 7.37. The topological polar surface area (TPSA) is 89.3 Å². The van der Waals surface area contributed by atoms with Gasteiger partial charge in [-0.05, 0) is 48.6 Å². The Balaban J connectivity index is 1.58. The molecule has 0 aliphatic rings. The van der Waals surface area contributed by atoms with Crippen LogP contribution in [0.3, 0.4) is 0 Å². The van der Waals surface area contributed by atoms with E-state index in [4.69, 9.17) is 16.6 Å². The third-order valence-electron chi connectivity index (χ3n) is 3.69. The second-order valence-electron chi connectivity index (χ2n) is 5.92. The zero-order valence-electron chi connectivity index (χ0n) is 15.9. The lowest BCUT2D eigenvalue weighted by Gasteiger charge is -2.11. The number of nitrogens with zero attached hydrogens (tertiary/aromatic N) is 2. The van der Waals surface area contributed by atoms with Crippen LogP contribution in [-0.2, 0) is 16.7 Å². The maximum absolute atomic E-state index is 12.8. The minimum absolute atomic E-state index is 0.0372. The lowest BCUT2D eigenvalue weighted by Crippen LogP contribution is -2.21. The second kappa shape index (κ2) is 9.79. The number of hydrogen-bond acceptors (Lipinski definition) is 7. The number of furan rings is 1. The van der Waals surface area contributed by atoms with E-state index in [0.29, 0.717) is 17.2 Å². The highest BCUT2D eigenvalue weighted by atomic mass is 32.2. The van der Waals surface area contributed by atoms with Gasteiger partial charge in [-0.1, -0.05) is 6.07 Å². The van der Waals surface area contributed by atoms with Gasteiger partial charge in [0.25, 0.3) is 0 Å². The number of thiocarbonyl (C=S) groups is 1. The van der Waals surface area contributed by atoms with Gasteiger partial charge in [0.15, 0.2) is 5.11 Å². The number of ether oxygens (including phenoxy) is 1. The van der Waals surface area contributed by atoms with Gasteiger partial charge in [0.05, 0.1) is 12.9 Å². The van der Waals surface area contributed by atoms with Gasteiger partial charge in [-0.15, -0.1) is 11.8 Å². The molecule has 0 amide bonds. The predicted molar refractivity (Wildman–Crippen MR) is 113 cm³/mol. The maximum Gasteiger partial charge on any atom is 0.433 e. The number of anilines is 2. The van der Waals surface area contributed by atoms with Gasteiger partial charge in [-0.25, -0.2) is 14.8 Å². The molecule has 2 heterocycles. The average Bonchev–Trinajstić information content (AvgIpc) is 3.20. The summed E-state index contributed by atoms with van der Waals surface area (Å²) in [6.45, 7) is 0. The molecule has 31 heavy (non-hydrogen) atoms. The van der Waals surface area contributed by atoms with E-state index in [2.05, 4.69) is 25.3 Å². The highest BCUT2D eigenvalue weighted by Gasteiger charge is 2.32. The molecular weight excluding hydrogens is 453 g/mol. The molecule has 0 aliphatic carbocycles. The average molecular weight is 468 g/mol. The number of halogens is 3. The summed E-state index contributed by atoms with van der Waals surface area (Å²) >= 11 is 6.59. The number of hydrogen-bond donors (Lipinski definition) is 2. The maximum atomic E-state index is 12.8. The number of nitrogens with one attached hydrogen (secondary N) is 2. The number of aromatic nitrogens is 2. The Hall–Kier alpha value is -3.12. The Morgan fingerprint density at radius 3 is 2.77 bits per heavy atom. The fourth-order valence-corrected chi connectivity index (χ4v) is 3.38. The Morgan fingerprint density at radius 1 is 1.23 bits per heavy atom. The lowest BCUT2D eigenvalue weighted by atomic mass is 10.3. The van der Waals surface area contributed by atoms with E-state index in [1.165, 1.54) is 18.9 Å². The molecule has 1 aromatic carbocycles. The van der Waals surface area contributed by atoms with E-state index in [-0.39, 0.29) is 16.8 Å². The number of rotatable bonds is 6. The van der Waals surface area contributed by atoms with Crippen molar-refractivity contribution < 1.29 is 27.1 Å². The van der Waals surface area contributed by atoms with Crippen LogP contribution in [0.1, 0.15) is 22.0 Å². The van der Waals surface area contributed by atoms with Crippen molar-refractivity contribution in [1.29, 1.82) is 0 Å². The number of esters is 1. The van der Waals surface area contributed by atoms with E-state index in [0.717, 1.165) is 17.2 Å². The third-order valence-corrected chi connectivity index (χ3v) is 4.91. The van der Waals surface area contributed by atoms with E-state index < -0.39 is 17.8 Å². The van der Waals surface area contributed by atoms with Gasteiger partial charge in [-0.3, -0.25) is 0 Å². The van der Waals surface area contributed by atoms with Crippen molar-refractivity contribution in [3.8, 4) is 0 Å². The van der Waals surface area contributed by atoms with Crippen LogP contribution in [0, 0.1) is 0 Å². The van der Waals surface area contributed by atoms with Crippen LogP contribution >= 0.6 is 24.0 Å². The molecule has 0 bridgehead atoms. The normalized spacial score (nSPS) is 11.1. The fraction of sp³-hybridized carbons (Fsp3) is 0.158. The Labute approximate surface area is 184 Å². The number of benzene rings is 1. The molecular formula is C19H15F3N4O3S2. The molecule has 2 aromatic heterocycles. The van der Waals surface area contributed by atoms with Crippen molar-refractivity contribution in [2.75, 3.05) is 17.7 Å². The quantitative estimate of drug-likeness (QED) is 0.295. The first-order chi connectivity index (χ1) is 14.7. The Bertz CT molecular complexity index is 1090. The molecule has 0 radical (unpaired) electrons. The lowest BCUT2D eigenvalue weighted by molar-refractivity contribution is -0.141. The van der Waals surface area contributed by atoms with Crippen LogP contribution in [0.5, 0.6) is 0 Å². The SMILES string of the molecule is COC(=O)c1ccc(CSc2cccc(NC(=S)Nc3nccc(C(F)(F)F)n3)c2)o1. The van der Waals surface area contributed by atoms with Crippen molar-refractivity contribution in [2.24, 2.45) is 0 Å². The van der Waals surface area contributed by atoms with Gasteiger partial charge in [-0.2, -0.15) is 13.2 Å². The number of carbonyl (C=O) groups is 1. The van der Waals surface area contributed by atoms with Gasteiger partial charge in [0.1, 0.15) is 11.5 Å². The van der Waals surface area contributed by atoms with Crippen LogP contribution in [0.25, 0.3) is 0 Å². The molecule has 7 nitrogen and oxygen atoms in total. The summed E-state index contributed by atoms with van der Waals surface area (Å²) in [4.78, 5) is 19.5. The minimum Gasteiger partial charge on any atom is -0.463 e. The summed E-state index contributed by atoms with van der Waals surface area (Å²) in [6, 6.07) is 11.2. The van der Waals surface area contributed by atoms with Gasteiger partial charge in [0.2, 0.25) is 11.7 Å². The number of methoxy groups -OCH3 is 1. The summed E-state index contributed by atoms with van der Waals surface area (Å²) in [5.41, 5.74) is -0.455. The van der Waals surface area contributed by atoms with Crippen molar-refractivity contribution in [1.82, 2.24) is 9.97 Å². The smallest absolute Gasteiger partial charge is 0.433 e. The molecule has 0 saturated heterocycles. The van der Waals surface area contributed by atoms with Crippen molar-refractivity contribution in [3.05, 3.63) is 65.9 Å². The molecule has 2 N–H and O–H groups in total. The fourth-order valence-electron chi connectivity index (χ4n) is 2.32. The number of thioether (sulfide) groups is 1. The number of carbonyl (C=O) groups excluding carboxylic acids is 1. The van der Waals surface area contributed by atoms with Crippen LogP contribution in [0.4, 0.5) is 24.8 Å². The summed E-state index contributed by atoms with van der Waals surface area (Å²) in [7, 11) is 1.27. The molecule has 162 valence electrons. The molecule has 3 aromatic rings. The zero-order valence-corrected chi connectivity index (χ0v) is 17.5. The largest absolute Gasteiger partial charge is 0.463 e. The van der Waals surface area contributed by atoms with Crippen molar-refractivity contribution >= 4 is 46.7 Å². The van der Waals surface area contributed by atoms with Crippen molar-refractivity contribution in [2.45, 2.75) is 16.8 Å². The molecule has 3 rings (SSSR count). The summed E-state index contributed by atoms with van der Waals surface area (Å²) < 4.78 is 48.3. The Kier molecular flexibility index (Phi) is 7.13. The van der Waals surface area contributed by atoms with E-state index >= 15 is 0 Å². The molecule has 0 atom stereocenters. The summed E-state index contributed by atoms with van der Waals surface area (Å²) in [5, 5.41) is 5.44. The molecule has 0 saturated carbocycles. The molecule has 0 unspecified atom stereocenters. The van der Waals surface area contributed by atoms with E-state index in [1.54, 1.807) is 30.3 Å². The monoisotopic (exact) mass is 468 g/mol. The molecule has 0 spiro atoms. The minimum atomic E-state index is -4.58. The molecule has 0 fully saturated rings. The molecule has 0 aliphatic heterocycles. The molecule has 12 heteroatoms. The van der Waals surface area contributed by atoms with Crippen LogP contribution in [-0.4, -0.2) is 28.2 Å². The highest BCUT2D eigenvalue weighted by molar-refractivity contribution is 7.98. The number of alkyl halides is 3. The van der Waals surface area contributed by atoms with Crippen LogP contribution < -0.4 is 10.6 Å². The van der Waals surface area contributed by atoms with E-state index in [9.17, 15) is 18.0 Å². The highest BCUT2D eigenvalue weighted by Crippen LogP contribution is 2.28. The first kappa shape index (κ1) is 22.6. The zero-order chi connectivity index (χ0) is 22.4. The summed E-state index contributed by atoms with van der Waals surface area (Å²) in [6.07, 6.45) is -3.58. The first-order valence-electron chi connectivity index (χ1n) is 8.63. The van der Waals surface area contributed by atoms with Crippen molar-refractivity contribution in [3.63, 3.8) is 0 Å². The third kappa shape index (κ3) is 6.43.